The lowest BCUT2D eigenvalue weighted by Gasteiger charge is -2.25. The fraction of sp³-hybridized carbons (Fsp3) is 0.429. The van der Waals surface area contributed by atoms with Gasteiger partial charge in [-0.05, 0) is 18.1 Å². The lowest BCUT2D eigenvalue weighted by molar-refractivity contribution is -0.171. The number of benzene rings is 1. The van der Waals surface area contributed by atoms with Gasteiger partial charge in [0.15, 0.2) is 0 Å². The van der Waals surface area contributed by atoms with Crippen LogP contribution in [0.2, 0.25) is 0 Å². The van der Waals surface area contributed by atoms with E-state index in [2.05, 4.69) is 5.32 Å². The second-order valence-electron chi connectivity index (χ2n) is 4.58. The fourth-order valence-corrected chi connectivity index (χ4v) is 1.61. The SMILES string of the molecule is CON(C)C(=O)C(NC(=O)c1ccccc1)C(C)C. The maximum Gasteiger partial charge on any atom is 0.268 e. The number of hydrogen-bond donors (Lipinski definition) is 1. The second-order valence-corrected chi connectivity index (χ2v) is 4.58. The van der Waals surface area contributed by atoms with E-state index in [1.165, 1.54) is 14.2 Å². The van der Waals surface area contributed by atoms with Gasteiger partial charge in [0.05, 0.1) is 7.11 Å². The largest absolute Gasteiger partial charge is 0.340 e. The van der Waals surface area contributed by atoms with Crippen molar-refractivity contribution in [2.45, 2.75) is 19.9 Å². The number of hydrogen-bond acceptors (Lipinski definition) is 3. The Kier molecular flexibility index (Phi) is 5.51. The Bertz CT molecular complexity index is 432. The van der Waals surface area contributed by atoms with Crippen molar-refractivity contribution in [1.82, 2.24) is 10.4 Å². The lowest BCUT2D eigenvalue weighted by atomic mass is 10.0. The monoisotopic (exact) mass is 264 g/mol. The van der Waals surface area contributed by atoms with Gasteiger partial charge in [-0.25, -0.2) is 5.06 Å². The third-order valence-electron chi connectivity index (χ3n) is 2.84. The van der Waals surface area contributed by atoms with E-state index in [0.29, 0.717) is 5.56 Å². The van der Waals surface area contributed by atoms with Crippen LogP contribution in [0.1, 0.15) is 24.2 Å². The molecule has 1 unspecified atom stereocenters. The summed E-state index contributed by atoms with van der Waals surface area (Å²) < 4.78 is 0. The number of rotatable bonds is 5. The first-order valence-electron chi connectivity index (χ1n) is 6.15. The van der Waals surface area contributed by atoms with E-state index in [1.807, 2.05) is 19.9 Å². The van der Waals surface area contributed by atoms with Gasteiger partial charge in [-0.1, -0.05) is 32.0 Å². The van der Waals surface area contributed by atoms with E-state index < -0.39 is 6.04 Å². The summed E-state index contributed by atoms with van der Waals surface area (Å²) in [6, 6.07) is 8.19. The van der Waals surface area contributed by atoms with Crippen molar-refractivity contribution in [2.75, 3.05) is 14.2 Å². The summed E-state index contributed by atoms with van der Waals surface area (Å²) >= 11 is 0. The lowest BCUT2D eigenvalue weighted by Crippen LogP contribution is -2.49. The molecule has 0 heterocycles. The summed E-state index contributed by atoms with van der Waals surface area (Å²) in [5.41, 5.74) is 0.529. The highest BCUT2D eigenvalue weighted by atomic mass is 16.7. The molecule has 0 saturated heterocycles. The molecule has 1 rings (SSSR count). The van der Waals surface area contributed by atoms with Crippen LogP contribution in [-0.2, 0) is 9.63 Å². The summed E-state index contributed by atoms with van der Waals surface area (Å²) in [5.74, 6) is -0.573. The van der Waals surface area contributed by atoms with Crippen molar-refractivity contribution in [3.63, 3.8) is 0 Å². The average Bonchev–Trinajstić information content (AvgIpc) is 2.43. The number of likely N-dealkylation sites (N-methyl/N-ethyl adjacent to an activating group) is 1. The normalized spacial score (nSPS) is 12.1. The Morgan fingerprint density at radius 2 is 1.79 bits per heavy atom. The van der Waals surface area contributed by atoms with Gasteiger partial charge in [-0.2, -0.15) is 0 Å². The minimum absolute atomic E-state index is 0.0298. The van der Waals surface area contributed by atoms with Crippen LogP contribution in [0.5, 0.6) is 0 Å². The Morgan fingerprint density at radius 3 is 2.26 bits per heavy atom. The number of nitrogens with one attached hydrogen (secondary N) is 1. The van der Waals surface area contributed by atoms with Crippen LogP contribution in [0, 0.1) is 5.92 Å². The van der Waals surface area contributed by atoms with Crippen molar-refractivity contribution >= 4 is 11.8 Å². The maximum absolute atomic E-state index is 12.1. The summed E-state index contributed by atoms with van der Waals surface area (Å²) in [5, 5.41) is 3.86. The number of amides is 2. The van der Waals surface area contributed by atoms with Crippen LogP contribution >= 0.6 is 0 Å². The minimum Gasteiger partial charge on any atom is -0.340 e. The molecule has 0 aromatic heterocycles. The average molecular weight is 264 g/mol. The van der Waals surface area contributed by atoms with Crippen molar-refractivity contribution in [3.8, 4) is 0 Å². The first-order chi connectivity index (χ1) is 8.97. The summed E-state index contributed by atoms with van der Waals surface area (Å²) in [4.78, 5) is 29.0. The van der Waals surface area contributed by atoms with Crippen LogP contribution in [0.4, 0.5) is 0 Å². The van der Waals surface area contributed by atoms with E-state index >= 15 is 0 Å². The molecular weight excluding hydrogens is 244 g/mol. The van der Waals surface area contributed by atoms with E-state index in [9.17, 15) is 9.59 Å². The molecule has 19 heavy (non-hydrogen) atoms. The number of carbonyl (C=O) groups excluding carboxylic acids is 2. The highest BCUT2D eigenvalue weighted by Crippen LogP contribution is 2.07. The molecule has 0 fully saturated rings. The van der Waals surface area contributed by atoms with Gasteiger partial charge in [0.2, 0.25) is 0 Å². The van der Waals surface area contributed by atoms with E-state index in [0.717, 1.165) is 5.06 Å². The Balaban J connectivity index is 2.80. The molecule has 0 saturated carbocycles. The Labute approximate surface area is 113 Å². The molecule has 1 N–H and O–H groups in total. The van der Waals surface area contributed by atoms with Crippen LogP contribution in [0.25, 0.3) is 0 Å². The predicted molar refractivity (Wildman–Crippen MR) is 72.3 cm³/mol. The molecule has 0 aliphatic rings. The van der Waals surface area contributed by atoms with Crippen LogP contribution in [0.3, 0.4) is 0 Å². The number of hydroxylamine groups is 2. The van der Waals surface area contributed by atoms with Gasteiger partial charge in [0.25, 0.3) is 11.8 Å². The van der Waals surface area contributed by atoms with Crippen molar-refractivity contribution < 1.29 is 14.4 Å². The number of carbonyl (C=O) groups is 2. The number of nitrogens with zero attached hydrogens (tertiary/aromatic N) is 1. The third kappa shape index (κ3) is 4.06. The van der Waals surface area contributed by atoms with E-state index in [1.54, 1.807) is 24.3 Å². The Hall–Kier alpha value is -1.88. The zero-order valence-corrected chi connectivity index (χ0v) is 11.7. The molecule has 1 aromatic carbocycles. The molecule has 1 atom stereocenters. The topological polar surface area (TPSA) is 58.6 Å². The molecule has 0 aliphatic carbocycles. The molecule has 0 radical (unpaired) electrons. The second kappa shape index (κ2) is 6.89. The van der Waals surface area contributed by atoms with Crippen LogP contribution < -0.4 is 5.32 Å². The van der Waals surface area contributed by atoms with Crippen molar-refractivity contribution in [1.29, 1.82) is 0 Å². The molecule has 0 aliphatic heterocycles. The molecule has 0 bridgehead atoms. The van der Waals surface area contributed by atoms with Gasteiger partial charge in [-0.3, -0.25) is 14.4 Å². The summed E-state index contributed by atoms with van der Waals surface area (Å²) in [7, 11) is 2.93. The highest BCUT2D eigenvalue weighted by molar-refractivity contribution is 5.97. The minimum atomic E-state index is -0.613. The first kappa shape index (κ1) is 15.2. The van der Waals surface area contributed by atoms with Crippen LogP contribution in [0.15, 0.2) is 30.3 Å². The van der Waals surface area contributed by atoms with E-state index in [-0.39, 0.29) is 17.7 Å². The molecule has 5 heteroatoms. The van der Waals surface area contributed by atoms with Gasteiger partial charge < -0.3 is 5.32 Å². The standard InChI is InChI=1S/C14H20N2O3/c1-10(2)12(14(18)16(3)19-4)15-13(17)11-8-6-5-7-9-11/h5-10,12H,1-4H3,(H,15,17). The highest BCUT2D eigenvalue weighted by Gasteiger charge is 2.27. The smallest absolute Gasteiger partial charge is 0.268 e. The van der Waals surface area contributed by atoms with E-state index in [4.69, 9.17) is 4.84 Å². The molecule has 2 amide bonds. The van der Waals surface area contributed by atoms with Gasteiger partial charge in [0, 0.05) is 12.6 Å². The molecule has 0 spiro atoms. The first-order valence-corrected chi connectivity index (χ1v) is 6.15. The van der Waals surface area contributed by atoms with Gasteiger partial charge in [-0.15, -0.1) is 0 Å². The van der Waals surface area contributed by atoms with Crippen LogP contribution in [-0.4, -0.2) is 37.1 Å². The quantitative estimate of drug-likeness (QED) is 0.819. The van der Waals surface area contributed by atoms with Gasteiger partial charge in [0.1, 0.15) is 6.04 Å². The fourth-order valence-electron chi connectivity index (χ4n) is 1.61. The van der Waals surface area contributed by atoms with Gasteiger partial charge >= 0.3 is 0 Å². The molecule has 104 valence electrons. The van der Waals surface area contributed by atoms with Crippen molar-refractivity contribution in [3.05, 3.63) is 35.9 Å². The zero-order valence-electron chi connectivity index (χ0n) is 11.7. The molecule has 1 aromatic rings. The maximum atomic E-state index is 12.1. The third-order valence-corrected chi connectivity index (χ3v) is 2.84. The summed E-state index contributed by atoms with van der Waals surface area (Å²) in [6.07, 6.45) is 0. The Morgan fingerprint density at radius 1 is 1.21 bits per heavy atom. The molecule has 5 nitrogen and oxygen atoms in total. The predicted octanol–water partition coefficient (Wildman–Crippen LogP) is 1.46. The zero-order chi connectivity index (χ0) is 14.4. The van der Waals surface area contributed by atoms with Crippen molar-refractivity contribution in [2.24, 2.45) is 5.92 Å². The summed E-state index contributed by atoms with van der Waals surface area (Å²) in [6.45, 7) is 3.74. The molecular formula is C14H20N2O3.